The van der Waals surface area contributed by atoms with Crippen LogP contribution in [0.3, 0.4) is 0 Å². The van der Waals surface area contributed by atoms with Gasteiger partial charge in [-0.25, -0.2) is 9.67 Å². The minimum atomic E-state index is -0.391. The van der Waals surface area contributed by atoms with Gasteiger partial charge in [-0.15, -0.1) is 0 Å². The number of fused-ring (bicyclic) bond motifs is 1. The summed E-state index contributed by atoms with van der Waals surface area (Å²) in [6.07, 6.45) is 4.52. The maximum Gasteiger partial charge on any atom is 0.273 e. The van der Waals surface area contributed by atoms with E-state index in [1.807, 2.05) is 24.3 Å². The van der Waals surface area contributed by atoms with E-state index >= 15 is 0 Å². The van der Waals surface area contributed by atoms with Crippen molar-refractivity contribution in [1.82, 2.24) is 29.8 Å². The highest BCUT2D eigenvalue weighted by molar-refractivity contribution is 9.10. The summed E-state index contributed by atoms with van der Waals surface area (Å²) in [6.45, 7) is 1.01. The van der Waals surface area contributed by atoms with Crippen molar-refractivity contribution < 1.29 is 13.7 Å². The number of benzene rings is 1. The third-order valence-corrected chi connectivity index (χ3v) is 5.53. The Hall–Kier alpha value is -3.99. The Labute approximate surface area is 195 Å². The van der Waals surface area contributed by atoms with Crippen molar-refractivity contribution in [3.8, 4) is 11.5 Å². The number of halogens is 1. The molecular weight excluding hydrogens is 492 g/mol. The van der Waals surface area contributed by atoms with Crippen LogP contribution in [0.5, 0.6) is 0 Å². The van der Waals surface area contributed by atoms with Gasteiger partial charge in [-0.3, -0.25) is 14.2 Å². The summed E-state index contributed by atoms with van der Waals surface area (Å²) in [5, 5.41) is 11.2. The lowest BCUT2D eigenvalue weighted by Gasteiger charge is -2.07. The lowest BCUT2D eigenvalue weighted by atomic mass is 10.2. The maximum atomic E-state index is 12.8. The van der Waals surface area contributed by atoms with Gasteiger partial charge in [-0.1, -0.05) is 33.2 Å². The molecule has 0 radical (unpaired) electrons. The van der Waals surface area contributed by atoms with E-state index in [0.717, 1.165) is 10.0 Å². The highest BCUT2D eigenvalue weighted by Gasteiger charge is 2.15. The van der Waals surface area contributed by atoms with Gasteiger partial charge >= 0.3 is 0 Å². The predicted molar refractivity (Wildman–Crippen MR) is 122 cm³/mol. The van der Waals surface area contributed by atoms with Gasteiger partial charge in [0.05, 0.1) is 25.5 Å². The monoisotopic (exact) mass is 508 g/mol. The molecule has 0 saturated carbocycles. The predicted octanol–water partition coefficient (Wildman–Crippen LogP) is 3.08. The van der Waals surface area contributed by atoms with Crippen LogP contribution in [0.4, 0.5) is 0 Å². The molecule has 0 fully saturated rings. The molecule has 1 aromatic carbocycles. The van der Waals surface area contributed by atoms with Crippen molar-refractivity contribution in [3.05, 3.63) is 87.3 Å². The number of rotatable bonds is 7. The SMILES string of the molecule is O=C(NCCn1ncc2c(=O)n(Cc3ccc(Br)cc3)cnc21)c1cc(-c2ccco2)on1. The van der Waals surface area contributed by atoms with E-state index in [0.29, 0.717) is 35.6 Å². The number of furan rings is 1. The normalized spacial score (nSPS) is 11.2. The summed E-state index contributed by atoms with van der Waals surface area (Å²) in [5.41, 5.74) is 1.41. The Kier molecular flexibility index (Phi) is 5.61. The molecule has 0 aliphatic heterocycles. The van der Waals surface area contributed by atoms with E-state index in [9.17, 15) is 9.59 Å². The molecule has 11 heteroatoms. The zero-order valence-corrected chi connectivity index (χ0v) is 18.7. The lowest BCUT2D eigenvalue weighted by Crippen LogP contribution is -2.28. The molecule has 1 amide bonds. The van der Waals surface area contributed by atoms with Gasteiger partial charge in [0.1, 0.15) is 11.7 Å². The smallest absolute Gasteiger partial charge is 0.273 e. The molecule has 0 unspecified atom stereocenters. The Morgan fingerprint density at radius 3 is 2.79 bits per heavy atom. The minimum Gasteiger partial charge on any atom is -0.461 e. The van der Waals surface area contributed by atoms with E-state index in [4.69, 9.17) is 8.94 Å². The number of carbonyl (C=O) groups is 1. The second kappa shape index (κ2) is 8.87. The molecular formula is C22H17BrN6O4. The summed E-state index contributed by atoms with van der Waals surface area (Å²) < 4.78 is 14.5. The second-order valence-corrected chi connectivity index (χ2v) is 8.13. The highest BCUT2D eigenvalue weighted by atomic mass is 79.9. The van der Waals surface area contributed by atoms with Crippen molar-refractivity contribution in [2.45, 2.75) is 13.1 Å². The van der Waals surface area contributed by atoms with Gasteiger partial charge < -0.3 is 14.3 Å². The van der Waals surface area contributed by atoms with E-state index < -0.39 is 5.91 Å². The molecule has 5 rings (SSSR count). The fourth-order valence-corrected chi connectivity index (χ4v) is 3.61. The Morgan fingerprint density at radius 1 is 1.15 bits per heavy atom. The maximum absolute atomic E-state index is 12.8. The Balaban J connectivity index is 1.24. The van der Waals surface area contributed by atoms with Crippen molar-refractivity contribution in [2.75, 3.05) is 6.54 Å². The highest BCUT2D eigenvalue weighted by Crippen LogP contribution is 2.20. The molecule has 0 aliphatic carbocycles. The number of nitrogens with zero attached hydrogens (tertiary/aromatic N) is 5. The molecule has 5 aromatic rings. The standard InChI is InChI=1S/C22H17BrN6O4/c23-15-5-3-14(4-6-15)12-28-13-25-20-16(22(28)31)11-26-29(20)8-7-24-21(30)17-10-19(33-27-17)18-2-1-9-32-18/h1-6,9-11,13H,7-8,12H2,(H,24,30). The van der Waals surface area contributed by atoms with Crippen LogP contribution in [0.1, 0.15) is 16.1 Å². The van der Waals surface area contributed by atoms with Crippen LogP contribution >= 0.6 is 15.9 Å². The largest absolute Gasteiger partial charge is 0.461 e. The van der Waals surface area contributed by atoms with Crippen molar-refractivity contribution >= 4 is 32.9 Å². The average molecular weight is 509 g/mol. The molecule has 4 aromatic heterocycles. The third kappa shape index (κ3) is 4.35. The first-order chi connectivity index (χ1) is 16.1. The van der Waals surface area contributed by atoms with Gasteiger partial charge in [-0.05, 0) is 29.8 Å². The molecule has 0 spiro atoms. The lowest BCUT2D eigenvalue weighted by molar-refractivity contribution is 0.0943. The Bertz CT molecular complexity index is 1470. The number of amides is 1. The average Bonchev–Trinajstić information content (AvgIpc) is 3.58. The molecule has 33 heavy (non-hydrogen) atoms. The van der Waals surface area contributed by atoms with Crippen LogP contribution in [0.2, 0.25) is 0 Å². The van der Waals surface area contributed by atoms with Gasteiger partial charge in [0.2, 0.25) is 5.76 Å². The number of aromatic nitrogens is 5. The van der Waals surface area contributed by atoms with Gasteiger partial charge in [0, 0.05) is 17.1 Å². The van der Waals surface area contributed by atoms with Crippen molar-refractivity contribution in [1.29, 1.82) is 0 Å². The minimum absolute atomic E-state index is 0.140. The zero-order valence-electron chi connectivity index (χ0n) is 17.1. The van der Waals surface area contributed by atoms with Crippen LogP contribution < -0.4 is 10.9 Å². The van der Waals surface area contributed by atoms with E-state index in [2.05, 4.69) is 36.5 Å². The van der Waals surface area contributed by atoms with Gasteiger partial charge in [-0.2, -0.15) is 5.10 Å². The number of hydrogen-bond acceptors (Lipinski definition) is 7. The van der Waals surface area contributed by atoms with E-state index in [1.165, 1.54) is 24.9 Å². The summed E-state index contributed by atoms with van der Waals surface area (Å²) in [5.74, 6) is 0.464. The first kappa shape index (κ1) is 20.9. The van der Waals surface area contributed by atoms with Crippen LogP contribution in [0.15, 0.2) is 79.5 Å². The van der Waals surface area contributed by atoms with Crippen LogP contribution in [0.25, 0.3) is 22.6 Å². The van der Waals surface area contributed by atoms with Crippen LogP contribution in [0, 0.1) is 0 Å². The van der Waals surface area contributed by atoms with Crippen molar-refractivity contribution in [3.63, 3.8) is 0 Å². The summed E-state index contributed by atoms with van der Waals surface area (Å²) in [4.78, 5) is 29.6. The fourth-order valence-electron chi connectivity index (χ4n) is 3.34. The number of carbonyl (C=O) groups excluding carboxylic acids is 1. The summed E-state index contributed by atoms with van der Waals surface area (Å²) in [6, 6.07) is 12.7. The first-order valence-electron chi connectivity index (χ1n) is 10.0. The third-order valence-electron chi connectivity index (χ3n) is 5.00. The fraction of sp³-hybridized carbons (Fsp3) is 0.136. The number of nitrogens with one attached hydrogen (secondary N) is 1. The van der Waals surface area contributed by atoms with Crippen LogP contribution in [-0.2, 0) is 13.1 Å². The Morgan fingerprint density at radius 2 is 2.00 bits per heavy atom. The molecule has 0 bridgehead atoms. The molecule has 1 N–H and O–H groups in total. The summed E-state index contributed by atoms with van der Waals surface area (Å²) in [7, 11) is 0. The first-order valence-corrected chi connectivity index (χ1v) is 10.8. The molecule has 166 valence electrons. The number of hydrogen-bond donors (Lipinski definition) is 1. The van der Waals surface area contributed by atoms with Crippen LogP contribution in [-0.4, -0.2) is 36.9 Å². The molecule has 0 atom stereocenters. The topological polar surface area (TPSA) is 121 Å². The van der Waals surface area contributed by atoms with Gasteiger partial charge in [0.15, 0.2) is 17.1 Å². The van der Waals surface area contributed by atoms with E-state index in [-0.39, 0.29) is 17.8 Å². The summed E-state index contributed by atoms with van der Waals surface area (Å²) >= 11 is 3.40. The molecule has 0 saturated heterocycles. The zero-order chi connectivity index (χ0) is 22.8. The van der Waals surface area contributed by atoms with Gasteiger partial charge in [0.25, 0.3) is 11.5 Å². The quantitative estimate of drug-likeness (QED) is 0.358. The van der Waals surface area contributed by atoms with E-state index in [1.54, 1.807) is 21.4 Å². The second-order valence-electron chi connectivity index (χ2n) is 7.22. The molecule has 0 aliphatic rings. The molecule has 10 nitrogen and oxygen atoms in total. The van der Waals surface area contributed by atoms with Crippen molar-refractivity contribution in [2.24, 2.45) is 0 Å². The molecule has 4 heterocycles.